The Hall–Kier alpha value is -3.23. The van der Waals surface area contributed by atoms with Crippen LogP contribution in [0.1, 0.15) is 16.1 Å². The van der Waals surface area contributed by atoms with Crippen LogP contribution in [0.2, 0.25) is 5.02 Å². The second kappa shape index (κ2) is 10.6. The number of aliphatic imine (C=N–C) groups is 1. The Morgan fingerprint density at radius 1 is 1.30 bits per heavy atom. The third-order valence-electron chi connectivity index (χ3n) is 3.80. The molecule has 0 radical (unpaired) electrons. The number of anilines is 1. The SMILES string of the molecule is CS(=O)(=O)Nc1ccc(C(=O)NCCSc2nonc2C(N)=Nc2ccc(F)c(Cl)c2)cn1. The van der Waals surface area contributed by atoms with E-state index in [4.69, 9.17) is 22.0 Å². The van der Waals surface area contributed by atoms with E-state index in [1.165, 1.54) is 48.3 Å². The lowest BCUT2D eigenvalue weighted by molar-refractivity contribution is 0.0956. The Labute approximate surface area is 197 Å². The van der Waals surface area contributed by atoms with E-state index >= 15 is 0 Å². The maximum Gasteiger partial charge on any atom is 0.252 e. The molecule has 4 N–H and O–H groups in total. The topological polar surface area (TPSA) is 165 Å². The zero-order valence-corrected chi connectivity index (χ0v) is 19.3. The van der Waals surface area contributed by atoms with Gasteiger partial charge in [-0.05, 0) is 40.6 Å². The van der Waals surface area contributed by atoms with Gasteiger partial charge >= 0.3 is 0 Å². The number of thioether (sulfide) groups is 1. The van der Waals surface area contributed by atoms with Gasteiger partial charge in [0, 0.05) is 18.5 Å². The van der Waals surface area contributed by atoms with Crippen LogP contribution in [0.5, 0.6) is 0 Å². The number of halogens is 2. The molecular weight excluding hydrogens is 497 g/mol. The summed E-state index contributed by atoms with van der Waals surface area (Å²) >= 11 is 6.96. The van der Waals surface area contributed by atoms with Gasteiger partial charge in [0.2, 0.25) is 10.0 Å². The fourth-order valence-corrected chi connectivity index (χ4v) is 3.81. The number of pyridine rings is 1. The van der Waals surface area contributed by atoms with Crippen LogP contribution in [0.25, 0.3) is 0 Å². The van der Waals surface area contributed by atoms with Crippen LogP contribution in [0.3, 0.4) is 0 Å². The summed E-state index contributed by atoms with van der Waals surface area (Å²) in [6.07, 6.45) is 2.26. The number of carbonyl (C=O) groups is 1. The summed E-state index contributed by atoms with van der Waals surface area (Å²) < 4.78 is 42.6. The Morgan fingerprint density at radius 3 is 2.76 bits per heavy atom. The van der Waals surface area contributed by atoms with Gasteiger partial charge in [0.1, 0.15) is 11.6 Å². The van der Waals surface area contributed by atoms with E-state index in [1.54, 1.807) is 0 Å². The molecule has 0 unspecified atom stereocenters. The quantitative estimate of drug-likeness (QED) is 0.168. The van der Waals surface area contributed by atoms with Gasteiger partial charge in [-0.2, -0.15) is 0 Å². The third kappa shape index (κ3) is 7.13. The molecule has 0 aliphatic rings. The monoisotopic (exact) mass is 513 g/mol. The van der Waals surface area contributed by atoms with E-state index in [1.807, 2.05) is 0 Å². The van der Waals surface area contributed by atoms with Crippen molar-refractivity contribution in [3.8, 4) is 0 Å². The number of aromatic nitrogens is 3. The highest BCUT2D eigenvalue weighted by Crippen LogP contribution is 2.23. The van der Waals surface area contributed by atoms with E-state index in [2.05, 4.69) is 30.3 Å². The van der Waals surface area contributed by atoms with Gasteiger partial charge in [-0.25, -0.2) is 27.4 Å². The Bertz CT molecular complexity index is 1280. The standard InChI is InChI=1S/C18H17ClFN7O4S2/c1-33(29,30)27-14-5-2-10(9-23-14)17(28)22-6-7-32-18-15(25-31-26-18)16(21)24-11-3-4-13(20)12(19)8-11/h2-5,8-9H,6-7H2,1H3,(H2,21,24)(H,22,28)(H,23,27). The molecule has 0 fully saturated rings. The van der Waals surface area contributed by atoms with Gasteiger partial charge in [-0.3, -0.25) is 9.52 Å². The smallest absolute Gasteiger partial charge is 0.252 e. The molecule has 1 amide bonds. The highest BCUT2D eigenvalue weighted by Gasteiger charge is 2.15. The van der Waals surface area contributed by atoms with Crippen molar-refractivity contribution >= 4 is 56.6 Å². The molecule has 2 aromatic heterocycles. The molecule has 1 aromatic carbocycles. The van der Waals surface area contributed by atoms with Gasteiger partial charge in [-0.1, -0.05) is 23.4 Å². The molecule has 0 aliphatic heterocycles. The van der Waals surface area contributed by atoms with Crippen LogP contribution in [0.15, 0.2) is 51.2 Å². The fourth-order valence-electron chi connectivity index (χ4n) is 2.37. The number of hydrogen-bond donors (Lipinski definition) is 3. The average Bonchev–Trinajstić information content (AvgIpc) is 3.22. The van der Waals surface area contributed by atoms with E-state index in [-0.39, 0.29) is 40.4 Å². The molecule has 3 aromatic rings. The molecule has 33 heavy (non-hydrogen) atoms. The number of nitrogens with two attached hydrogens (primary N) is 1. The van der Waals surface area contributed by atoms with Crippen LogP contribution in [0.4, 0.5) is 15.9 Å². The van der Waals surface area contributed by atoms with Crippen molar-refractivity contribution in [2.75, 3.05) is 23.3 Å². The van der Waals surface area contributed by atoms with Crippen molar-refractivity contribution < 1.29 is 22.2 Å². The number of amides is 1. The van der Waals surface area contributed by atoms with Crippen LogP contribution in [-0.4, -0.2) is 54.0 Å². The minimum atomic E-state index is -3.45. The lowest BCUT2D eigenvalue weighted by Gasteiger charge is -2.06. The highest BCUT2D eigenvalue weighted by atomic mass is 35.5. The normalized spacial score (nSPS) is 11.9. The number of hydrogen-bond acceptors (Lipinski definition) is 9. The lowest BCUT2D eigenvalue weighted by atomic mass is 10.2. The van der Waals surface area contributed by atoms with Crippen LogP contribution in [-0.2, 0) is 10.0 Å². The molecule has 2 heterocycles. The van der Waals surface area contributed by atoms with Crippen LogP contribution >= 0.6 is 23.4 Å². The first kappa shape index (κ1) is 24.4. The summed E-state index contributed by atoms with van der Waals surface area (Å²) in [5.41, 5.74) is 6.75. The molecule has 0 atom stereocenters. The van der Waals surface area contributed by atoms with Crippen LogP contribution in [0, 0.1) is 5.82 Å². The fraction of sp³-hybridized carbons (Fsp3) is 0.167. The number of rotatable bonds is 9. The minimum Gasteiger partial charge on any atom is -0.382 e. The highest BCUT2D eigenvalue weighted by molar-refractivity contribution is 7.99. The van der Waals surface area contributed by atoms with Crippen molar-refractivity contribution in [2.24, 2.45) is 10.7 Å². The molecule has 0 bridgehead atoms. The molecule has 0 aliphatic carbocycles. The second-order valence-corrected chi connectivity index (χ2v) is 9.66. The van der Waals surface area contributed by atoms with E-state index in [0.29, 0.717) is 16.5 Å². The van der Waals surface area contributed by atoms with E-state index in [9.17, 15) is 17.6 Å². The van der Waals surface area contributed by atoms with Gasteiger partial charge < -0.3 is 11.1 Å². The van der Waals surface area contributed by atoms with Crippen molar-refractivity contribution in [3.05, 3.63) is 58.6 Å². The number of nitrogens with zero attached hydrogens (tertiary/aromatic N) is 4. The predicted molar refractivity (Wildman–Crippen MR) is 122 cm³/mol. The Morgan fingerprint density at radius 2 is 2.09 bits per heavy atom. The maximum absolute atomic E-state index is 13.3. The zero-order chi connectivity index (χ0) is 24.0. The average molecular weight is 514 g/mol. The summed E-state index contributed by atoms with van der Waals surface area (Å²) in [6.45, 7) is 0.268. The van der Waals surface area contributed by atoms with Crippen LogP contribution < -0.4 is 15.8 Å². The van der Waals surface area contributed by atoms with Gasteiger partial charge in [-0.15, -0.1) is 0 Å². The zero-order valence-electron chi connectivity index (χ0n) is 16.9. The number of benzene rings is 1. The molecule has 174 valence electrons. The summed E-state index contributed by atoms with van der Waals surface area (Å²) in [4.78, 5) is 20.2. The van der Waals surface area contributed by atoms with E-state index in [0.717, 1.165) is 6.26 Å². The van der Waals surface area contributed by atoms with Crippen molar-refractivity contribution in [3.63, 3.8) is 0 Å². The predicted octanol–water partition coefficient (Wildman–Crippen LogP) is 2.19. The molecule has 0 saturated heterocycles. The van der Waals surface area contributed by atoms with E-state index < -0.39 is 15.8 Å². The molecule has 15 heteroatoms. The Balaban J connectivity index is 1.53. The number of amidine groups is 1. The first-order chi connectivity index (χ1) is 15.6. The van der Waals surface area contributed by atoms with Gasteiger partial charge in [0.25, 0.3) is 5.91 Å². The van der Waals surface area contributed by atoms with Crippen molar-refractivity contribution in [1.82, 2.24) is 20.6 Å². The largest absolute Gasteiger partial charge is 0.382 e. The molecule has 11 nitrogen and oxygen atoms in total. The minimum absolute atomic E-state index is 0.000623. The summed E-state index contributed by atoms with van der Waals surface area (Å²) in [5, 5.41) is 10.5. The van der Waals surface area contributed by atoms with Crippen molar-refractivity contribution in [2.45, 2.75) is 5.03 Å². The second-order valence-electron chi connectivity index (χ2n) is 6.42. The number of sulfonamides is 1. The first-order valence-corrected chi connectivity index (χ1v) is 12.3. The Kier molecular flexibility index (Phi) is 7.84. The summed E-state index contributed by atoms with van der Waals surface area (Å²) in [6, 6.07) is 6.72. The molecule has 0 spiro atoms. The van der Waals surface area contributed by atoms with Crippen molar-refractivity contribution in [1.29, 1.82) is 0 Å². The maximum atomic E-state index is 13.3. The molecule has 3 rings (SSSR count). The summed E-state index contributed by atoms with van der Waals surface area (Å²) in [7, 11) is -3.45. The summed E-state index contributed by atoms with van der Waals surface area (Å²) in [5.74, 6) is -0.448. The molecular formula is C18H17ClFN7O4S2. The lowest BCUT2D eigenvalue weighted by Crippen LogP contribution is -2.26. The number of carbonyl (C=O) groups excluding carboxylic acids is 1. The first-order valence-electron chi connectivity index (χ1n) is 9.09. The number of nitrogens with one attached hydrogen (secondary N) is 2. The molecule has 0 saturated carbocycles. The van der Waals surface area contributed by atoms with Gasteiger partial charge in [0.05, 0.1) is 22.5 Å². The third-order valence-corrected chi connectivity index (χ3v) is 5.61. The van der Waals surface area contributed by atoms with Gasteiger partial charge in [0.15, 0.2) is 16.6 Å².